The maximum absolute atomic E-state index is 13.2. The summed E-state index contributed by atoms with van der Waals surface area (Å²) in [7, 11) is 0. The van der Waals surface area contributed by atoms with Gasteiger partial charge < -0.3 is 5.32 Å². The van der Waals surface area contributed by atoms with Crippen molar-refractivity contribution in [3.05, 3.63) is 68.5 Å². The molecule has 0 radical (unpaired) electrons. The number of rotatable bonds is 6. The average molecular weight is 539 g/mol. The van der Waals surface area contributed by atoms with Gasteiger partial charge in [-0.15, -0.1) is 0 Å². The van der Waals surface area contributed by atoms with Gasteiger partial charge in [-0.1, -0.05) is 29.3 Å². The molecule has 194 valence electrons. The Kier molecular flexibility index (Phi) is 7.66. The Morgan fingerprint density at radius 3 is 2.75 bits per heavy atom. The van der Waals surface area contributed by atoms with Crippen LogP contribution in [0.15, 0.2) is 35.9 Å². The lowest BCUT2D eigenvalue weighted by Crippen LogP contribution is -2.55. The van der Waals surface area contributed by atoms with Crippen molar-refractivity contribution in [2.75, 3.05) is 39.3 Å². The van der Waals surface area contributed by atoms with Gasteiger partial charge in [-0.05, 0) is 85.7 Å². The molecule has 4 nitrogen and oxygen atoms in total. The summed E-state index contributed by atoms with van der Waals surface area (Å²) in [5.74, 6) is 0. The number of hydrogen-bond donors (Lipinski definition) is 1. The first kappa shape index (κ1) is 26.0. The molecule has 3 heterocycles. The molecule has 2 atom stereocenters. The molecule has 1 aliphatic carbocycles. The van der Waals surface area contributed by atoms with E-state index >= 15 is 0 Å². The van der Waals surface area contributed by atoms with Gasteiger partial charge in [0, 0.05) is 55.5 Å². The van der Waals surface area contributed by atoms with Crippen LogP contribution >= 0.6 is 23.2 Å². The van der Waals surface area contributed by atoms with Crippen LogP contribution in [0.4, 0.5) is 13.2 Å². The molecule has 0 bridgehead atoms. The minimum Gasteiger partial charge on any atom is -0.312 e. The maximum atomic E-state index is 13.2. The number of pyridine rings is 1. The molecule has 1 aromatic heterocycles. The van der Waals surface area contributed by atoms with Gasteiger partial charge in [0.25, 0.3) is 0 Å². The zero-order valence-electron chi connectivity index (χ0n) is 20.3. The molecule has 2 aliphatic heterocycles. The highest BCUT2D eigenvalue weighted by molar-refractivity contribution is 6.31. The molecule has 0 spiro atoms. The third-order valence-electron chi connectivity index (χ3n) is 7.59. The third kappa shape index (κ3) is 5.60. The SMILES string of the molecule is CC1CN(CC2C3=C(CCN2CCCc2ccc(Cl)c(C(F)(F)F)n2)c2cc(Cl)ccc2C3)CCN1. The molecule has 1 saturated heterocycles. The van der Waals surface area contributed by atoms with Gasteiger partial charge in [-0.25, -0.2) is 4.98 Å². The van der Waals surface area contributed by atoms with Crippen molar-refractivity contribution in [1.29, 1.82) is 0 Å². The molecule has 5 rings (SSSR count). The van der Waals surface area contributed by atoms with Crippen molar-refractivity contribution in [3.63, 3.8) is 0 Å². The van der Waals surface area contributed by atoms with E-state index in [0.717, 1.165) is 63.6 Å². The molecule has 1 N–H and O–H groups in total. The number of benzene rings is 1. The van der Waals surface area contributed by atoms with Crippen molar-refractivity contribution in [3.8, 4) is 0 Å². The Labute approximate surface area is 220 Å². The number of piperazine rings is 1. The van der Waals surface area contributed by atoms with Gasteiger partial charge >= 0.3 is 6.18 Å². The van der Waals surface area contributed by atoms with E-state index in [1.54, 1.807) is 6.07 Å². The largest absolute Gasteiger partial charge is 0.434 e. The highest BCUT2D eigenvalue weighted by Crippen LogP contribution is 2.42. The first-order valence-electron chi connectivity index (χ1n) is 12.6. The second-order valence-corrected chi connectivity index (χ2v) is 11.0. The van der Waals surface area contributed by atoms with E-state index in [4.69, 9.17) is 23.2 Å². The molecule has 0 amide bonds. The normalized spacial score (nSPS) is 23.2. The molecule has 9 heteroatoms. The summed E-state index contributed by atoms with van der Waals surface area (Å²) in [5, 5.41) is 3.94. The molecule has 2 aromatic rings. The number of fused-ring (bicyclic) bond motifs is 2. The van der Waals surface area contributed by atoms with E-state index < -0.39 is 11.9 Å². The predicted molar refractivity (Wildman–Crippen MR) is 139 cm³/mol. The minimum absolute atomic E-state index is 0.286. The fourth-order valence-corrected chi connectivity index (χ4v) is 6.30. The summed E-state index contributed by atoms with van der Waals surface area (Å²) in [6, 6.07) is 9.87. The summed E-state index contributed by atoms with van der Waals surface area (Å²) in [5.41, 5.74) is 4.98. The lowest BCUT2D eigenvalue weighted by molar-refractivity contribution is -0.141. The first-order chi connectivity index (χ1) is 17.2. The zero-order chi connectivity index (χ0) is 25.4. The minimum atomic E-state index is -4.55. The number of hydrogen-bond acceptors (Lipinski definition) is 4. The van der Waals surface area contributed by atoms with Crippen LogP contribution in [-0.2, 0) is 19.0 Å². The number of aryl methyl sites for hydroxylation is 1. The van der Waals surface area contributed by atoms with E-state index in [1.807, 2.05) is 6.07 Å². The lowest BCUT2D eigenvalue weighted by atomic mass is 9.92. The standard InChI is InChI=1S/C27H31Cl2F3N4/c1-17-15-35(12-9-33-17)16-25-23-13-18-4-5-19(28)14-22(18)21(23)8-11-36(25)10-2-3-20-6-7-24(29)26(34-20)27(30,31)32/h4-7,14,17,25,33H,2-3,8-13,15-16H2,1H3. The molecule has 1 aromatic carbocycles. The zero-order valence-corrected chi connectivity index (χ0v) is 21.9. The topological polar surface area (TPSA) is 31.4 Å². The predicted octanol–water partition coefficient (Wildman–Crippen LogP) is 5.72. The molecule has 1 fully saturated rings. The Morgan fingerprint density at radius 2 is 1.97 bits per heavy atom. The summed E-state index contributed by atoms with van der Waals surface area (Å²) >= 11 is 12.1. The van der Waals surface area contributed by atoms with Crippen LogP contribution in [0.25, 0.3) is 5.57 Å². The molecule has 2 unspecified atom stereocenters. The van der Waals surface area contributed by atoms with Crippen molar-refractivity contribution in [2.45, 2.75) is 50.9 Å². The fourth-order valence-electron chi connectivity index (χ4n) is 5.91. The Bertz CT molecular complexity index is 1150. The Morgan fingerprint density at radius 1 is 1.14 bits per heavy atom. The van der Waals surface area contributed by atoms with Crippen LogP contribution < -0.4 is 5.32 Å². The Balaban J connectivity index is 1.32. The number of nitrogens with one attached hydrogen (secondary N) is 1. The van der Waals surface area contributed by atoms with Gasteiger partial charge in [0.05, 0.1) is 5.02 Å². The van der Waals surface area contributed by atoms with Gasteiger partial charge in [-0.2, -0.15) is 13.2 Å². The Hall–Kier alpha value is -1.64. The molecular weight excluding hydrogens is 508 g/mol. The summed E-state index contributed by atoms with van der Waals surface area (Å²) in [4.78, 5) is 8.89. The maximum Gasteiger partial charge on any atom is 0.434 e. The van der Waals surface area contributed by atoms with Crippen LogP contribution in [-0.4, -0.2) is 66.1 Å². The number of nitrogens with zero attached hydrogens (tertiary/aromatic N) is 3. The van der Waals surface area contributed by atoms with E-state index in [9.17, 15) is 13.2 Å². The quantitative estimate of drug-likeness (QED) is 0.509. The number of aromatic nitrogens is 1. The van der Waals surface area contributed by atoms with Crippen molar-refractivity contribution >= 4 is 28.8 Å². The first-order valence-corrected chi connectivity index (χ1v) is 13.4. The van der Waals surface area contributed by atoms with Gasteiger partial charge in [0.1, 0.15) is 0 Å². The summed E-state index contributed by atoms with van der Waals surface area (Å²) in [6.07, 6.45) is -1.42. The number of alkyl halides is 3. The van der Waals surface area contributed by atoms with Crippen LogP contribution in [0.3, 0.4) is 0 Å². The molecular formula is C27H31Cl2F3N4. The summed E-state index contributed by atoms with van der Waals surface area (Å²) < 4.78 is 39.7. The molecule has 36 heavy (non-hydrogen) atoms. The monoisotopic (exact) mass is 538 g/mol. The van der Waals surface area contributed by atoms with E-state index in [2.05, 4.69) is 39.2 Å². The third-order valence-corrected chi connectivity index (χ3v) is 8.13. The van der Waals surface area contributed by atoms with Crippen molar-refractivity contribution in [2.24, 2.45) is 0 Å². The second kappa shape index (κ2) is 10.6. The van der Waals surface area contributed by atoms with Crippen LogP contribution in [0, 0.1) is 0 Å². The van der Waals surface area contributed by atoms with Crippen LogP contribution in [0.2, 0.25) is 10.0 Å². The van der Waals surface area contributed by atoms with E-state index in [1.165, 1.54) is 28.3 Å². The average Bonchev–Trinajstić information content (AvgIpc) is 3.19. The highest BCUT2D eigenvalue weighted by Gasteiger charge is 2.37. The van der Waals surface area contributed by atoms with Gasteiger partial charge in [0.15, 0.2) is 5.69 Å². The molecule has 0 saturated carbocycles. The molecule has 3 aliphatic rings. The summed E-state index contributed by atoms with van der Waals surface area (Å²) in [6.45, 7) is 7.94. The highest BCUT2D eigenvalue weighted by atomic mass is 35.5. The van der Waals surface area contributed by atoms with Crippen molar-refractivity contribution < 1.29 is 13.2 Å². The van der Waals surface area contributed by atoms with Crippen LogP contribution in [0.5, 0.6) is 0 Å². The second-order valence-electron chi connectivity index (χ2n) is 10.1. The lowest BCUT2D eigenvalue weighted by Gasteiger charge is -2.42. The van der Waals surface area contributed by atoms with Crippen molar-refractivity contribution in [1.82, 2.24) is 20.1 Å². The van der Waals surface area contributed by atoms with E-state index in [0.29, 0.717) is 18.2 Å². The van der Waals surface area contributed by atoms with Crippen LogP contribution in [0.1, 0.15) is 42.3 Å². The van der Waals surface area contributed by atoms with Gasteiger partial charge in [-0.3, -0.25) is 9.80 Å². The van der Waals surface area contributed by atoms with E-state index in [-0.39, 0.29) is 11.1 Å². The van der Waals surface area contributed by atoms with Gasteiger partial charge in [0.2, 0.25) is 0 Å². The number of halogens is 5. The fraction of sp³-hybridized carbons (Fsp3) is 0.519. The smallest absolute Gasteiger partial charge is 0.312 e.